The Balaban J connectivity index is 2.37. The first-order chi connectivity index (χ1) is 9.93. The van der Waals surface area contributed by atoms with Crippen LogP contribution in [0.15, 0.2) is 12.1 Å². The van der Waals surface area contributed by atoms with Crippen molar-refractivity contribution in [2.45, 2.75) is 60.3 Å². The first kappa shape index (κ1) is 17.9. The molecule has 120 valence electrons. The van der Waals surface area contributed by atoms with E-state index in [1.807, 2.05) is 0 Å². The van der Waals surface area contributed by atoms with E-state index < -0.39 is 0 Å². The van der Waals surface area contributed by atoms with Crippen LogP contribution in [0.1, 0.15) is 57.6 Å². The van der Waals surface area contributed by atoms with Gasteiger partial charge in [-0.15, -0.1) is 0 Å². The maximum absolute atomic E-state index is 5.96. The molecule has 2 heteroatoms. The van der Waals surface area contributed by atoms with Crippen molar-refractivity contribution in [1.82, 2.24) is 0 Å². The second-order valence-electron chi connectivity index (χ2n) is 6.65. The molecule has 0 saturated heterocycles. The third-order valence-corrected chi connectivity index (χ3v) is 4.04. The third-order valence-electron chi connectivity index (χ3n) is 4.04. The van der Waals surface area contributed by atoms with Crippen LogP contribution in [0.2, 0.25) is 0 Å². The number of hydrogen-bond acceptors (Lipinski definition) is 2. The monoisotopic (exact) mass is 292 g/mol. The molecule has 1 atom stereocenters. The lowest BCUT2D eigenvalue weighted by Gasteiger charge is -2.15. The van der Waals surface area contributed by atoms with Crippen molar-refractivity contribution in [1.29, 1.82) is 0 Å². The van der Waals surface area contributed by atoms with Crippen LogP contribution >= 0.6 is 0 Å². The molecule has 21 heavy (non-hydrogen) atoms. The molecule has 1 aromatic carbocycles. The van der Waals surface area contributed by atoms with Crippen LogP contribution in [0.4, 0.5) is 0 Å². The van der Waals surface area contributed by atoms with Crippen LogP contribution in [-0.4, -0.2) is 13.7 Å². The fraction of sp³-hybridized carbons (Fsp3) is 0.684. The number of ether oxygens (including phenoxy) is 2. The molecule has 1 rings (SSSR count). The highest BCUT2D eigenvalue weighted by Gasteiger charge is 2.07. The van der Waals surface area contributed by atoms with Crippen LogP contribution in [0.5, 0.6) is 11.5 Å². The zero-order valence-corrected chi connectivity index (χ0v) is 14.7. The van der Waals surface area contributed by atoms with E-state index in [1.165, 1.54) is 19.3 Å². The lowest BCUT2D eigenvalue weighted by Crippen LogP contribution is -2.06. The molecule has 0 N–H and O–H groups in total. The summed E-state index contributed by atoms with van der Waals surface area (Å²) in [6, 6.07) is 4.13. The number of aryl methyl sites for hydroxylation is 2. The summed E-state index contributed by atoms with van der Waals surface area (Å²) in [6.07, 6.45) is 5.10. The molecule has 2 nitrogen and oxygen atoms in total. The van der Waals surface area contributed by atoms with Gasteiger partial charge < -0.3 is 9.47 Å². The van der Waals surface area contributed by atoms with E-state index in [-0.39, 0.29) is 0 Å². The van der Waals surface area contributed by atoms with Crippen LogP contribution in [0, 0.1) is 25.7 Å². The van der Waals surface area contributed by atoms with E-state index >= 15 is 0 Å². The summed E-state index contributed by atoms with van der Waals surface area (Å²) in [4.78, 5) is 0. The SMILES string of the molecule is COc1cc(C)c(OCCC(C)CCCC(C)C)cc1C. The molecule has 1 aromatic rings. The molecule has 0 bridgehead atoms. The molecule has 0 amide bonds. The number of benzene rings is 1. The Hall–Kier alpha value is -1.18. The van der Waals surface area contributed by atoms with Crippen molar-refractivity contribution < 1.29 is 9.47 Å². The average molecular weight is 292 g/mol. The van der Waals surface area contributed by atoms with Gasteiger partial charge in [-0.05, 0) is 55.4 Å². The molecule has 0 aliphatic heterocycles. The van der Waals surface area contributed by atoms with Crippen LogP contribution in [0.3, 0.4) is 0 Å². The normalized spacial score (nSPS) is 12.5. The summed E-state index contributed by atoms with van der Waals surface area (Å²) in [5, 5.41) is 0. The fourth-order valence-corrected chi connectivity index (χ4v) is 2.53. The molecule has 1 unspecified atom stereocenters. The van der Waals surface area contributed by atoms with Crippen molar-refractivity contribution in [3.8, 4) is 11.5 Å². The molecule has 0 aliphatic rings. The standard InChI is InChI=1S/C19H32O2/c1-14(2)8-7-9-15(3)10-11-21-19-13-16(4)18(20-6)12-17(19)5/h12-15H,7-11H2,1-6H3. The van der Waals surface area contributed by atoms with Gasteiger partial charge in [0.05, 0.1) is 13.7 Å². The summed E-state index contributed by atoms with van der Waals surface area (Å²) in [5.41, 5.74) is 2.27. The average Bonchev–Trinajstić information content (AvgIpc) is 2.41. The molecule has 0 aromatic heterocycles. The minimum absolute atomic E-state index is 0.739. The summed E-state index contributed by atoms with van der Waals surface area (Å²) in [6.45, 7) is 11.8. The maximum Gasteiger partial charge on any atom is 0.122 e. The quantitative estimate of drug-likeness (QED) is 0.594. The summed E-state index contributed by atoms with van der Waals surface area (Å²) >= 11 is 0. The van der Waals surface area contributed by atoms with Gasteiger partial charge in [0.1, 0.15) is 11.5 Å². The van der Waals surface area contributed by atoms with Crippen molar-refractivity contribution in [2.75, 3.05) is 13.7 Å². The van der Waals surface area contributed by atoms with Crippen LogP contribution in [0.25, 0.3) is 0 Å². The number of hydrogen-bond donors (Lipinski definition) is 0. The summed E-state index contributed by atoms with van der Waals surface area (Å²) < 4.78 is 11.3. The van der Waals surface area contributed by atoms with Gasteiger partial charge in [-0.3, -0.25) is 0 Å². The van der Waals surface area contributed by atoms with Gasteiger partial charge in [0.2, 0.25) is 0 Å². The van der Waals surface area contributed by atoms with E-state index in [9.17, 15) is 0 Å². The van der Waals surface area contributed by atoms with Crippen molar-refractivity contribution >= 4 is 0 Å². The minimum atomic E-state index is 0.739. The van der Waals surface area contributed by atoms with Gasteiger partial charge >= 0.3 is 0 Å². The predicted octanol–water partition coefficient (Wildman–Crippen LogP) is 5.54. The van der Waals surface area contributed by atoms with Gasteiger partial charge in [-0.2, -0.15) is 0 Å². The number of methoxy groups -OCH3 is 1. The van der Waals surface area contributed by atoms with Gasteiger partial charge in [0.15, 0.2) is 0 Å². The van der Waals surface area contributed by atoms with Gasteiger partial charge in [-0.1, -0.05) is 40.0 Å². The van der Waals surface area contributed by atoms with Crippen molar-refractivity contribution in [3.05, 3.63) is 23.3 Å². The van der Waals surface area contributed by atoms with Crippen molar-refractivity contribution in [2.24, 2.45) is 11.8 Å². The van der Waals surface area contributed by atoms with Crippen LogP contribution in [-0.2, 0) is 0 Å². The Morgan fingerprint density at radius 3 is 2.14 bits per heavy atom. The minimum Gasteiger partial charge on any atom is -0.496 e. The first-order valence-electron chi connectivity index (χ1n) is 8.22. The van der Waals surface area contributed by atoms with E-state index in [0.29, 0.717) is 0 Å². The highest BCUT2D eigenvalue weighted by Crippen LogP contribution is 2.28. The topological polar surface area (TPSA) is 18.5 Å². The summed E-state index contributed by atoms with van der Waals surface area (Å²) in [7, 11) is 1.71. The molecule has 0 saturated carbocycles. The van der Waals surface area contributed by atoms with E-state index in [2.05, 4.69) is 46.8 Å². The van der Waals surface area contributed by atoms with Crippen LogP contribution < -0.4 is 9.47 Å². The fourth-order valence-electron chi connectivity index (χ4n) is 2.53. The Bertz CT molecular complexity index is 424. The molecular weight excluding hydrogens is 260 g/mol. The molecular formula is C19H32O2. The lowest BCUT2D eigenvalue weighted by molar-refractivity contribution is 0.273. The Labute approximate surface area is 130 Å². The molecule has 0 spiro atoms. The Kier molecular flexibility index (Phi) is 7.63. The summed E-state index contributed by atoms with van der Waals surface area (Å²) in [5.74, 6) is 3.48. The zero-order chi connectivity index (χ0) is 15.8. The van der Waals surface area contributed by atoms with Gasteiger partial charge in [0, 0.05) is 0 Å². The second-order valence-corrected chi connectivity index (χ2v) is 6.65. The lowest BCUT2D eigenvalue weighted by atomic mass is 9.98. The zero-order valence-electron chi connectivity index (χ0n) is 14.7. The highest BCUT2D eigenvalue weighted by atomic mass is 16.5. The Morgan fingerprint density at radius 2 is 1.52 bits per heavy atom. The Morgan fingerprint density at radius 1 is 0.905 bits per heavy atom. The second kappa shape index (κ2) is 8.96. The molecule has 0 radical (unpaired) electrons. The van der Waals surface area contributed by atoms with Gasteiger partial charge in [-0.25, -0.2) is 0 Å². The molecule has 0 fully saturated rings. The predicted molar refractivity (Wildman–Crippen MR) is 90.4 cm³/mol. The highest BCUT2D eigenvalue weighted by molar-refractivity contribution is 5.45. The molecule has 0 heterocycles. The number of rotatable bonds is 9. The maximum atomic E-state index is 5.96. The van der Waals surface area contributed by atoms with Crippen molar-refractivity contribution in [3.63, 3.8) is 0 Å². The van der Waals surface area contributed by atoms with E-state index in [1.54, 1.807) is 7.11 Å². The first-order valence-corrected chi connectivity index (χ1v) is 8.22. The van der Waals surface area contributed by atoms with E-state index in [0.717, 1.165) is 47.5 Å². The largest absolute Gasteiger partial charge is 0.496 e. The smallest absolute Gasteiger partial charge is 0.122 e. The molecule has 0 aliphatic carbocycles. The van der Waals surface area contributed by atoms with Gasteiger partial charge in [0.25, 0.3) is 0 Å². The van der Waals surface area contributed by atoms with E-state index in [4.69, 9.17) is 9.47 Å². The third kappa shape index (κ3) is 6.41.